The zero-order chi connectivity index (χ0) is 15.9. The monoisotopic (exact) mass is 313 g/mol. The Morgan fingerprint density at radius 2 is 1.77 bits per heavy atom. The molecule has 0 aliphatic carbocycles. The molecule has 2 aromatic carbocycles. The molecule has 0 spiro atoms. The van der Waals surface area contributed by atoms with Gasteiger partial charge in [0, 0.05) is 16.6 Å². The van der Waals surface area contributed by atoms with E-state index in [0.717, 1.165) is 17.5 Å². The summed E-state index contributed by atoms with van der Waals surface area (Å²) in [5, 5.41) is 3.65. The van der Waals surface area contributed by atoms with Crippen LogP contribution in [0.15, 0.2) is 54.6 Å². The summed E-state index contributed by atoms with van der Waals surface area (Å²) in [6, 6.07) is 17.3. The molecular weight excluding hydrogens is 294 g/mol. The normalized spacial score (nSPS) is 12.8. The molecule has 1 N–H and O–H groups in total. The SMILES string of the molecule is CCC(C)NC(=O)/C(=C/c1ccccc1Cl)c1ccccc1. The topological polar surface area (TPSA) is 29.1 Å². The van der Waals surface area contributed by atoms with Crippen LogP contribution in [0.2, 0.25) is 5.02 Å². The number of rotatable bonds is 5. The second-order valence-corrected chi connectivity index (χ2v) is 5.64. The van der Waals surface area contributed by atoms with Crippen LogP contribution in [-0.4, -0.2) is 11.9 Å². The van der Waals surface area contributed by atoms with Crippen LogP contribution in [-0.2, 0) is 4.79 Å². The van der Waals surface area contributed by atoms with Gasteiger partial charge in [-0.15, -0.1) is 0 Å². The first-order valence-electron chi connectivity index (χ1n) is 7.44. The molecule has 2 rings (SSSR count). The highest BCUT2D eigenvalue weighted by Gasteiger charge is 2.14. The maximum atomic E-state index is 12.6. The van der Waals surface area contributed by atoms with Crippen LogP contribution in [0.3, 0.4) is 0 Å². The van der Waals surface area contributed by atoms with Gasteiger partial charge in [0.1, 0.15) is 0 Å². The maximum Gasteiger partial charge on any atom is 0.252 e. The van der Waals surface area contributed by atoms with Crippen molar-refractivity contribution in [2.75, 3.05) is 0 Å². The van der Waals surface area contributed by atoms with Gasteiger partial charge in [-0.3, -0.25) is 4.79 Å². The van der Waals surface area contributed by atoms with Gasteiger partial charge in [0.05, 0.1) is 0 Å². The van der Waals surface area contributed by atoms with E-state index in [1.54, 1.807) is 0 Å². The summed E-state index contributed by atoms with van der Waals surface area (Å²) in [5.74, 6) is -0.0829. The molecule has 1 unspecified atom stereocenters. The molecule has 114 valence electrons. The minimum absolute atomic E-state index is 0.0829. The van der Waals surface area contributed by atoms with Gasteiger partial charge in [-0.1, -0.05) is 67.1 Å². The van der Waals surface area contributed by atoms with Crippen molar-refractivity contribution in [3.63, 3.8) is 0 Å². The van der Waals surface area contributed by atoms with Gasteiger partial charge in [0.15, 0.2) is 0 Å². The minimum atomic E-state index is -0.0829. The van der Waals surface area contributed by atoms with E-state index in [4.69, 9.17) is 11.6 Å². The number of carbonyl (C=O) groups is 1. The Morgan fingerprint density at radius 3 is 2.41 bits per heavy atom. The van der Waals surface area contributed by atoms with Gasteiger partial charge >= 0.3 is 0 Å². The minimum Gasteiger partial charge on any atom is -0.350 e. The Morgan fingerprint density at radius 1 is 1.14 bits per heavy atom. The second kappa shape index (κ2) is 7.81. The smallest absolute Gasteiger partial charge is 0.252 e. The molecule has 0 fully saturated rings. The lowest BCUT2D eigenvalue weighted by molar-refractivity contribution is -0.116. The van der Waals surface area contributed by atoms with Gasteiger partial charge in [-0.05, 0) is 36.6 Å². The van der Waals surface area contributed by atoms with Crippen LogP contribution in [0, 0.1) is 0 Å². The molecule has 3 heteroatoms. The number of halogens is 1. The molecule has 0 aliphatic heterocycles. The van der Waals surface area contributed by atoms with E-state index in [1.807, 2.05) is 74.5 Å². The van der Waals surface area contributed by atoms with E-state index in [1.165, 1.54) is 0 Å². The lowest BCUT2D eigenvalue weighted by Gasteiger charge is -2.14. The number of nitrogens with one attached hydrogen (secondary N) is 1. The lowest BCUT2D eigenvalue weighted by Crippen LogP contribution is -2.32. The molecule has 0 radical (unpaired) electrons. The van der Waals surface area contributed by atoms with E-state index in [-0.39, 0.29) is 11.9 Å². The first kappa shape index (κ1) is 16.3. The van der Waals surface area contributed by atoms with E-state index >= 15 is 0 Å². The molecule has 2 aromatic rings. The highest BCUT2D eigenvalue weighted by molar-refractivity contribution is 6.33. The molecule has 0 aromatic heterocycles. The fourth-order valence-electron chi connectivity index (χ4n) is 2.05. The Hall–Kier alpha value is -2.06. The summed E-state index contributed by atoms with van der Waals surface area (Å²) < 4.78 is 0. The first-order chi connectivity index (χ1) is 10.6. The van der Waals surface area contributed by atoms with Gasteiger partial charge in [0.2, 0.25) is 0 Å². The van der Waals surface area contributed by atoms with E-state index < -0.39 is 0 Å². The Labute approximate surface area is 136 Å². The van der Waals surface area contributed by atoms with E-state index in [0.29, 0.717) is 10.6 Å². The van der Waals surface area contributed by atoms with Crippen molar-refractivity contribution in [2.45, 2.75) is 26.3 Å². The van der Waals surface area contributed by atoms with Gasteiger partial charge in [0.25, 0.3) is 5.91 Å². The van der Waals surface area contributed by atoms with Gasteiger partial charge in [-0.25, -0.2) is 0 Å². The number of carbonyl (C=O) groups excluding carboxylic acids is 1. The van der Waals surface area contributed by atoms with Crippen LogP contribution < -0.4 is 5.32 Å². The van der Waals surface area contributed by atoms with E-state index in [9.17, 15) is 4.79 Å². The number of benzene rings is 2. The Bertz CT molecular complexity index is 664. The number of hydrogen-bond acceptors (Lipinski definition) is 1. The predicted octanol–water partition coefficient (Wildman–Crippen LogP) is 4.80. The largest absolute Gasteiger partial charge is 0.350 e. The molecule has 0 bridgehead atoms. The predicted molar refractivity (Wildman–Crippen MR) is 93.7 cm³/mol. The van der Waals surface area contributed by atoms with Crippen LogP contribution in [0.1, 0.15) is 31.4 Å². The third-order valence-electron chi connectivity index (χ3n) is 3.52. The van der Waals surface area contributed by atoms with Crippen molar-refractivity contribution in [1.82, 2.24) is 5.32 Å². The van der Waals surface area contributed by atoms with Crippen LogP contribution in [0.5, 0.6) is 0 Å². The van der Waals surface area contributed by atoms with Gasteiger partial charge < -0.3 is 5.32 Å². The maximum absolute atomic E-state index is 12.6. The van der Waals surface area contributed by atoms with Gasteiger partial charge in [-0.2, -0.15) is 0 Å². The molecule has 0 aliphatic rings. The summed E-state index contributed by atoms with van der Waals surface area (Å²) >= 11 is 6.22. The Balaban J connectivity index is 2.42. The average molecular weight is 314 g/mol. The third kappa shape index (κ3) is 4.22. The summed E-state index contributed by atoms with van der Waals surface area (Å²) in [6.45, 7) is 4.04. The van der Waals surface area contributed by atoms with Crippen LogP contribution >= 0.6 is 11.6 Å². The first-order valence-corrected chi connectivity index (χ1v) is 7.82. The zero-order valence-electron chi connectivity index (χ0n) is 12.8. The summed E-state index contributed by atoms with van der Waals surface area (Å²) in [5.41, 5.74) is 2.33. The second-order valence-electron chi connectivity index (χ2n) is 5.23. The summed E-state index contributed by atoms with van der Waals surface area (Å²) in [7, 11) is 0. The average Bonchev–Trinajstić information content (AvgIpc) is 2.54. The highest BCUT2D eigenvalue weighted by Crippen LogP contribution is 2.23. The fraction of sp³-hybridized carbons (Fsp3) is 0.211. The molecule has 0 saturated carbocycles. The zero-order valence-corrected chi connectivity index (χ0v) is 13.6. The summed E-state index contributed by atoms with van der Waals surface area (Å²) in [6.07, 6.45) is 2.73. The molecule has 0 heterocycles. The van der Waals surface area contributed by atoms with Crippen molar-refractivity contribution in [2.24, 2.45) is 0 Å². The third-order valence-corrected chi connectivity index (χ3v) is 3.87. The van der Waals surface area contributed by atoms with Crippen molar-refractivity contribution >= 4 is 29.2 Å². The summed E-state index contributed by atoms with van der Waals surface area (Å²) in [4.78, 5) is 12.6. The molecule has 1 amide bonds. The molecule has 22 heavy (non-hydrogen) atoms. The van der Waals surface area contributed by atoms with Crippen LogP contribution in [0.4, 0.5) is 0 Å². The van der Waals surface area contributed by atoms with Crippen molar-refractivity contribution < 1.29 is 4.79 Å². The standard InChI is InChI=1S/C19H20ClNO/c1-3-14(2)21-19(22)17(15-9-5-4-6-10-15)13-16-11-7-8-12-18(16)20/h4-14H,3H2,1-2H3,(H,21,22)/b17-13+. The molecule has 0 saturated heterocycles. The molecule has 2 nitrogen and oxygen atoms in total. The van der Waals surface area contributed by atoms with Crippen molar-refractivity contribution in [3.8, 4) is 0 Å². The Kier molecular flexibility index (Phi) is 5.79. The highest BCUT2D eigenvalue weighted by atomic mass is 35.5. The fourth-order valence-corrected chi connectivity index (χ4v) is 2.24. The van der Waals surface area contributed by atoms with Crippen molar-refractivity contribution in [1.29, 1.82) is 0 Å². The lowest BCUT2D eigenvalue weighted by atomic mass is 10.0. The molecule has 1 atom stereocenters. The van der Waals surface area contributed by atoms with Crippen LogP contribution in [0.25, 0.3) is 11.6 Å². The molecular formula is C19H20ClNO. The van der Waals surface area contributed by atoms with Crippen molar-refractivity contribution in [3.05, 3.63) is 70.7 Å². The number of hydrogen-bond donors (Lipinski definition) is 1. The quantitative estimate of drug-likeness (QED) is 0.623. The number of amides is 1. The van der Waals surface area contributed by atoms with E-state index in [2.05, 4.69) is 5.32 Å².